The van der Waals surface area contributed by atoms with Gasteiger partial charge in [-0.25, -0.2) is 26.3 Å². The van der Waals surface area contributed by atoms with E-state index in [1.54, 1.807) is 10.8 Å². The quantitative estimate of drug-likeness (QED) is 0.590. The third-order valence-electron chi connectivity index (χ3n) is 4.50. The molecular formula is C17H13F3N4O3S. The lowest BCUT2D eigenvalue weighted by Gasteiger charge is -2.29. The summed E-state index contributed by atoms with van der Waals surface area (Å²) < 4.78 is 68.5. The molecule has 0 amide bonds. The molecule has 0 unspecified atom stereocenters. The molecule has 1 aliphatic carbocycles. The fourth-order valence-corrected chi connectivity index (χ4v) is 4.10. The van der Waals surface area contributed by atoms with Gasteiger partial charge >= 0.3 is 0 Å². The van der Waals surface area contributed by atoms with Crippen molar-refractivity contribution in [1.82, 2.24) is 9.29 Å². The minimum atomic E-state index is -4.16. The van der Waals surface area contributed by atoms with Crippen molar-refractivity contribution in [2.75, 3.05) is 0 Å². The zero-order chi connectivity index (χ0) is 20.7. The van der Waals surface area contributed by atoms with Crippen LogP contribution in [0.25, 0.3) is 5.69 Å². The predicted octanol–water partition coefficient (Wildman–Crippen LogP) is 2.00. The summed E-state index contributed by atoms with van der Waals surface area (Å²) in [6, 6.07) is 5.20. The zero-order valence-corrected chi connectivity index (χ0v) is 15.0. The third-order valence-corrected chi connectivity index (χ3v) is 5.59. The molecule has 0 bridgehead atoms. The summed E-state index contributed by atoms with van der Waals surface area (Å²) in [5.74, 6) is -5.03. The molecule has 0 fully saturated rings. The van der Waals surface area contributed by atoms with Crippen molar-refractivity contribution in [3.05, 3.63) is 52.6 Å². The molecular weight excluding hydrogens is 397 g/mol. The van der Waals surface area contributed by atoms with Gasteiger partial charge in [0.1, 0.15) is 18.0 Å². The van der Waals surface area contributed by atoms with Gasteiger partial charge in [0.15, 0.2) is 6.19 Å². The van der Waals surface area contributed by atoms with Crippen LogP contribution in [0.3, 0.4) is 0 Å². The molecule has 2 aromatic rings. The van der Waals surface area contributed by atoms with E-state index in [0.717, 1.165) is 6.07 Å². The summed E-state index contributed by atoms with van der Waals surface area (Å²) in [5, 5.41) is 27.7. The lowest BCUT2D eigenvalue weighted by molar-refractivity contribution is -0.122. The van der Waals surface area contributed by atoms with Gasteiger partial charge in [0, 0.05) is 29.6 Å². The Balaban J connectivity index is 2.20. The Morgan fingerprint density at radius 1 is 1.36 bits per heavy atom. The topological polar surface area (TPSA) is 119 Å². The van der Waals surface area contributed by atoms with Gasteiger partial charge in [0.2, 0.25) is 10.0 Å². The predicted molar refractivity (Wildman–Crippen MR) is 90.0 cm³/mol. The molecule has 0 spiro atoms. The molecule has 1 aromatic carbocycles. The maximum Gasteiger partial charge on any atom is 0.278 e. The number of aliphatic hydroxyl groups excluding tert-OH is 1. The summed E-state index contributed by atoms with van der Waals surface area (Å²) in [7, 11) is -4.16. The van der Waals surface area contributed by atoms with Crippen molar-refractivity contribution in [2.24, 2.45) is 0 Å². The molecule has 1 heterocycles. The largest absolute Gasteiger partial charge is 0.382 e. The molecule has 11 heteroatoms. The highest BCUT2D eigenvalue weighted by molar-refractivity contribution is 7.88. The number of fused-ring (bicyclic) bond motifs is 1. The van der Waals surface area contributed by atoms with Gasteiger partial charge in [-0.15, -0.1) is 0 Å². The molecule has 28 heavy (non-hydrogen) atoms. The lowest BCUT2D eigenvalue weighted by atomic mass is 9.89. The minimum Gasteiger partial charge on any atom is -0.382 e. The summed E-state index contributed by atoms with van der Waals surface area (Å²) in [5.41, 5.74) is -0.156. The summed E-state index contributed by atoms with van der Waals surface area (Å²) in [6.45, 7) is 0. The summed E-state index contributed by atoms with van der Waals surface area (Å²) in [6.07, 6.45) is -0.579. The maximum absolute atomic E-state index is 14.1. The van der Waals surface area contributed by atoms with Crippen molar-refractivity contribution in [3.63, 3.8) is 0 Å². The van der Waals surface area contributed by atoms with E-state index < -0.39 is 40.0 Å². The Hall–Kier alpha value is -3.02. The minimum absolute atomic E-state index is 0.118. The number of rotatable bonds is 4. The number of nitriles is 2. The van der Waals surface area contributed by atoms with Crippen LogP contribution in [-0.2, 0) is 22.2 Å². The van der Waals surface area contributed by atoms with Crippen molar-refractivity contribution in [3.8, 4) is 17.9 Å². The van der Waals surface area contributed by atoms with Crippen LogP contribution in [0, 0.1) is 28.6 Å². The molecule has 0 radical (unpaired) electrons. The average molecular weight is 410 g/mol. The third kappa shape index (κ3) is 3.42. The number of nitrogens with zero attached hydrogens (tertiary/aromatic N) is 3. The van der Waals surface area contributed by atoms with Crippen LogP contribution in [0.1, 0.15) is 34.9 Å². The number of benzene rings is 1. The van der Waals surface area contributed by atoms with E-state index in [9.17, 15) is 26.7 Å². The van der Waals surface area contributed by atoms with E-state index in [4.69, 9.17) is 10.5 Å². The van der Waals surface area contributed by atoms with Crippen LogP contribution in [0.2, 0.25) is 0 Å². The highest BCUT2D eigenvalue weighted by Gasteiger charge is 2.46. The molecule has 0 saturated carbocycles. The Morgan fingerprint density at radius 3 is 2.71 bits per heavy atom. The first-order chi connectivity index (χ1) is 13.1. The van der Waals surface area contributed by atoms with E-state index in [2.05, 4.69) is 0 Å². The van der Waals surface area contributed by atoms with Gasteiger partial charge in [-0.1, -0.05) is 0 Å². The van der Waals surface area contributed by atoms with Crippen LogP contribution in [0.5, 0.6) is 0 Å². The molecule has 1 aliphatic rings. The van der Waals surface area contributed by atoms with Crippen molar-refractivity contribution >= 4 is 10.0 Å². The first kappa shape index (κ1) is 19.7. The van der Waals surface area contributed by atoms with E-state index >= 15 is 0 Å². The van der Waals surface area contributed by atoms with Crippen molar-refractivity contribution in [2.45, 2.75) is 30.6 Å². The van der Waals surface area contributed by atoms with Crippen LogP contribution in [0.15, 0.2) is 24.4 Å². The van der Waals surface area contributed by atoms with E-state index in [1.807, 2.05) is 0 Å². The van der Waals surface area contributed by atoms with Gasteiger partial charge in [-0.05, 0) is 30.2 Å². The van der Waals surface area contributed by atoms with Gasteiger partial charge in [-0.2, -0.15) is 10.5 Å². The van der Waals surface area contributed by atoms with Crippen molar-refractivity contribution < 1.29 is 26.7 Å². The normalized spacial score (nSPS) is 18.0. The van der Waals surface area contributed by atoms with Gasteiger partial charge in [0.25, 0.3) is 5.92 Å². The van der Waals surface area contributed by atoms with E-state index in [-0.39, 0.29) is 34.5 Å². The number of sulfonamides is 1. The van der Waals surface area contributed by atoms with Gasteiger partial charge in [-0.3, -0.25) is 0 Å². The number of hydrogen-bond acceptors (Lipinski definition) is 5. The van der Waals surface area contributed by atoms with Gasteiger partial charge < -0.3 is 9.67 Å². The van der Waals surface area contributed by atoms with Gasteiger partial charge in [0.05, 0.1) is 11.3 Å². The van der Waals surface area contributed by atoms with Crippen molar-refractivity contribution in [1.29, 1.82) is 10.5 Å². The smallest absolute Gasteiger partial charge is 0.278 e. The Bertz CT molecular complexity index is 1130. The Morgan fingerprint density at radius 2 is 2.07 bits per heavy atom. The highest BCUT2D eigenvalue weighted by atomic mass is 32.2. The molecule has 0 saturated heterocycles. The monoisotopic (exact) mass is 410 g/mol. The molecule has 3 rings (SSSR count). The van der Waals surface area contributed by atoms with Crippen LogP contribution >= 0.6 is 0 Å². The number of hydrogen-bond donors (Lipinski definition) is 2. The van der Waals surface area contributed by atoms with Crippen LogP contribution in [0.4, 0.5) is 13.2 Å². The second-order valence-electron chi connectivity index (χ2n) is 6.30. The molecule has 146 valence electrons. The standard InChI is InChI=1S/C17H13F3N4O3S/c18-13-2-1-12(5-10(13)6-21)24-7-11(8-28(26,27)23-9-22)15-14(24)3-4-17(19,20)16(15)25/h1-2,5,7,16,23,25H,3-4,8H2/t16-/m0/s1. The average Bonchev–Trinajstić information content (AvgIpc) is 2.96. The second-order valence-corrected chi connectivity index (χ2v) is 8.02. The maximum atomic E-state index is 14.1. The first-order valence-electron chi connectivity index (χ1n) is 7.97. The number of aliphatic hydroxyl groups is 1. The number of alkyl halides is 2. The Kier molecular flexibility index (Phi) is 4.83. The lowest BCUT2D eigenvalue weighted by Crippen LogP contribution is -2.33. The van der Waals surface area contributed by atoms with E-state index in [1.165, 1.54) is 29.1 Å². The first-order valence-corrected chi connectivity index (χ1v) is 9.62. The number of aromatic nitrogens is 1. The molecule has 7 nitrogen and oxygen atoms in total. The number of halogens is 3. The van der Waals surface area contributed by atoms with E-state index in [0.29, 0.717) is 0 Å². The molecule has 1 aromatic heterocycles. The van der Waals surface area contributed by atoms with Crippen LogP contribution in [-0.4, -0.2) is 24.0 Å². The fraction of sp³-hybridized carbons (Fsp3) is 0.294. The second kappa shape index (κ2) is 6.86. The zero-order valence-electron chi connectivity index (χ0n) is 14.2. The Labute approximate surface area is 158 Å². The fourth-order valence-electron chi connectivity index (χ4n) is 3.24. The highest BCUT2D eigenvalue weighted by Crippen LogP contribution is 2.44. The summed E-state index contributed by atoms with van der Waals surface area (Å²) >= 11 is 0. The molecule has 1 atom stereocenters. The number of nitrogens with one attached hydrogen (secondary N) is 1. The SMILES string of the molecule is N#CNS(=O)(=O)Cc1cn(-c2ccc(F)c(C#N)c2)c2c1[C@H](O)C(F)(F)CC2. The summed E-state index contributed by atoms with van der Waals surface area (Å²) in [4.78, 5) is 0. The van der Waals surface area contributed by atoms with Crippen LogP contribution < -0.4 is 4.72 Å². The molecule has 0 aliphatic heterocycles. The molecule has 2 N–H and O–H groups in total.